The molecule has 0 saturated carbocycles. The normalized spacial score (nSPS) is 26.7. The Morgan fingerprint density at radius 3 is 2.52 bits per heavy atom. The number of aliphatic hydroxyl groups excluding tert-OH is 1. The molecule has 208 valence electrons. The first-order chi connectivity index (χ1) is 19.5. The van der Waals surface area contributed by atoms with Gasteiger partial charge in [0.25, 0.3) is 0 Å². The van der Waals surface area contributed by atoms with E-state index in [2.05, 4.69) is 10.6 Å². The average molecular weight is 542 g/mol. The molecule has 8 nitrogen and oxygen atoms in total. The largest absolute Gasteiger partial charge is 0.396 e. The zero-order valence-electron chi connectivity index (χ0n) is 22.4. The Balaban J connectivity index is 1.26. The van der Waals surface area contributed by atoms with Crippen LogP contribution < -0.4 is 10.6 Å². The SMILES string of the molecule is O=C(Nc1ccc2ccccc2c1)C1N(CCCCCO)C(=O)[C@@H]2[C@@H](C(=O)NCc3ccccc3)[C@H]3CCC12O3. The van der Waals surface area contributed by atoms with Crippen LogP contribution in [0.5, 0.6) is 0 Å². The number of benzene rings is 3. The van der Waals surface area contributed by atoms with E-state index in [9.17, 15) is 19.5 Å². The van der Waals surface area contributed by atoms with E-state index in [-0.39, 0.29) is 24.3 Å². The summed E-state index contributed by atoms with van der Waals surface area (Å²) < 4.78 is 6.52. The number of aliphatic hydroxyl groups is 1. The Hall–Kier alpha value is -3.75. The molecule has 0 aromatic heterocycles. The maximum Gasteiger partial charge on any atom is 0.250 e. The van der Waals surface area contributed by atoms with E-state index in [0.717, 1.165) is 22.8 Å². The number of fused-ring (bicyclic) bond motifs is 2. The lowest BCUT2D eigenvalue weighted by Crippen LogP contribution is -2.53. The van der Waals surface area contributed by atoms with Crippen LogP contribution in [0.15, 0.2) is 72.8 Å². The quantitative estimate of drug-likeness (QED) is 0.340. The van der Waals surface area contributed by atoms with E-state index >= 15 is 0 Å². The summed E-state index contributed by atoms with van der Waals surface area (Å²) in [6, 6.07) is 22.5. The Morgan fingerprint density at radius 1 is 0.950 bits per heavy atom. The first kappa shape index (κ1) is 26.5. The molecular formula is C32H35N3O5. The molecule has 3 N–H and O–H groups in total. The van der Waals surface area contributed by atoms with Crippen LogP contribution in [-0.2, 0) is 25.7 Å². The summed E-state index contributed by atoms with van der Waals surface area (Å²) in [6.07, 6.45) is 2.82. The maximum absolute atomic E-state index is 14.0. The number of carbonyl (C=O) groups excluding carboxylic acids is 3. The van der Waals surface area contributed by atoms with Gasteiger partial charge in [-0.1, -0.05) is 60.7 Å². The fraction of sp³-hybridized carbons (Fsp3) is 0.406. The van der Waals surface area contributed by atoms with E-state index in [1.54, 1.807) is 4.90 Å². The number of anilines is 1. The van der Waals surface area contributed by atoms with Crippen LogP contribution in [0.4, 0.5) is 5.69 Å². The Morgan fingerprint density at radius 2 is 1.73 bits per heavy atom. The van der Waals surface area contributed by atoms with Gasteiger partial charge in [0, 0.05) is 25.4 Å². The molecule has 3 aliphatic heterocycles. The number of rotatable bonds is 10. The molecule has 3 aliphatic rings. The number of nitrogens with zero attached hydrogens (tertiary/aromatic N) is 1. The maximum atomic E-state index is 14.0. The molecule has 5 atom stereocenters. The number of hydrogen-bond acceptors (Lipinski definition) is 5. The van der Waals surface area contributed by atoms with Crippen LogP contribution in [0.3, 0.4) is 0 Å². The monoisotopic (exact) mass is 541 g/mol. The van der Waals surface area contributed by atoms with Gasteiger partial charge in [-0.25, -0.2) is 0 Å². The van der Waals surface area contributed by atoms with Gasteiger partial charge < -0.3 is 25.4 Å². The predicted molar refractivity (Wildman–Crippen MR) is 151 cm³/mol. The van der Waals surface area contributed by atoms with E-state index in [1.807, 2.05) is 72.8 Å². The Kier molecular flexibility index (Phi) is 7.29. The van der Waals surface area contributed by atoms with Crippen LogP contribution in [0.25, 0.3) is 10.8 Å². The van der Waals surface area contributed by atoms with Crippen LogP contribution in [-0.4, -0.2) is 58.6 Å². The third-order valence-electron chi connectivity index (χ3n) is 8.73. The fourth-order valence-electron chi connectivity index (χ4n) is 6.95. The summed E-state index contributed by atoms with van der Waals surface area (Å²) in [7, 11) is 0. The highest BCUT2D eigenvalue weighted by atomic mass is 16.5. The summed E-state index contributed by atoms with van der Waals surface area (Å²) in [5.74, 6) is -2.02. The van der Waals surface area contributed by atoms with E-state index in [0.29, 0.717) is 44.5 Å². The highest BCUT2D eigenvalue weighted by Gasteiger charge is 2.74. The van der Waals surface area contributed by atoms with Gasteiger partial charge in [0.2, 0.25) is 17.7 Å². The van der Waals surface area contributed by atoms with Crippen LogP contribution in [0.1, 0.15) is 37.7 Å². The standard InChI is InChI=1S/C32H35N3O5/c36-18-8-2-7-17-35-28(30(38)34-24-14-13-22-11-5-6-12-23(22)19-24)32-16-15-25(40-32)26(27(32)31(35)39)29(37)33-20-21-9-3-1-4-10-21/h1,3-6,9-14,19,25-28,36H,2,7-8,15-18,20H2,(H,33,37)(H,34,38)/t25-,26+,27+,28?,32?/m1/s1. The van der Waals surface area contributed by atoms with Gasteiger partial charge in [-0.15, -0.1) is 0 Å². The van der Waals surface area contributed by atoms with Crippen molar-refractivity contribution in [1.82, 2.24) is 10.2 Å². The van der Waals surface area contributed by atoms with Crippen LogP contribution >= 0.6 is 0 Å². The summed E-state index contributed by atoms with van der Waals surface area (Å²) in [4.78, 5) is 43.1. The van der Waals surface area contributed by atoms with Crippen molar-refractivity contribution in [2.75, 3.05) is 18.5 Å². The smallest absolute Gasteiger partial charge is 0.250 e. The molecule has 6 rings (SSSR count). The average Bonchev–Trinajstić information content (AvgIpc) is 3.62. The predicted octanol–water partition coefficient (Wildman–Crippen LogP) is 3.63. The summed E-state index contributed by atoms with van der Waals surface area (Å²) in [6.45, 7) is 0.827. The second-order valence-corrected chi connectivity index (χ2v) is 11.1. The van der Waals surface area contributed by atoms with Crippen molar-refractivity contribution >= 4 is 34.2 Å². The van der Waals surface area contributed by atoms with Crippen molar-refractivity contribution in [3.63, 3.8) is 0 Å². The summed E-state index contributed by atoms with van der Waals surface area (Å²) in [5, 5.41) is 17.4. The van der Waals surface area contributed by atoms with Crippen LogP contribution in [0.2, 0.25) is 0 Å². The first-order valence-corrected chi connectivity index (χ1v) is 14.2. The third kappa shape index (κ3) is 4.65. The van der Waals surface area contributed by atoms with Crippen molar-refractivity contribution in [3.8, 4) is 0 Å². The molecule has 2 unspecified atom stereocenters. The Bertz CT molecular complexity index is 1410. The molecule has 8 heteroatoms. The van der Waals surface area contributed by atoms with Crippen molar-refractivity contribution in [2.45, 2.75) is 56.4 Å². The zero-order valence-corrected chi connectivity index (χ0v) is 22.4. The summed E-state index contributed by atoms with van der Waals surface area (Å²) in [5.41, 5.74) is 0.598. The minimum Gasteiger partial charge on any atom is -0.396 e. The molecule has 3 amide bonds. The van der Waals surface area contributed by atoms with Crippen molar-refractivity contribution in [3.05, 3.63) is 78.4 Å². The molecule has 3 fully saturated rings. The fourth-order valence-corrected chi connectivity index (χ4v) is 6.95. The lowest BCUT2D eigenvalue weighted by Gasteiger charge is -2.33. The van der Waals surface area contributed by atoms with Gasteiger partial charge in [-0.05, 0) is 60.6 Å². The molecule has 1 spiro atoms. The van der Waals surface area contributed by atoms with Gasteiger partial charge in [0.1, 0.15) is 11.6 Å². The minimum absolute atomic E-state index is 0.0842. The summed E-state index contributed by atoms with van der Waals surface area (Å²) >= 11 is 0. The lowest BCUT2D eigenvalue weighted by molar-refractivity contribution is -0.141. The second kappa shape index (κ2) is 11.0. The third-order valence-corrected chi connectivity index (χ3v) is 8.73. The van der Waals surface area contributed by atoms with Crippen molar-refractivity contribution in [2.24, 2.45) is 11.8 Å². The van der Waals surface area contributed by atoms with E-state index in [1.165, 1.54) is 0 Å². The second-order valence-electron chi connectivity index (χ2n) is 11.1. The van der Waals surface area contributed by atoms with Crippen molar-refractivity contribution in [1.29, 1.82) is 0 Å². The van der Waals surface area contributed by atoms with Gasteiger partial charge >= 0.3 is 0 Å². The first-order valence-electron chi connectivity index (χ1n) is 14.2. The molecule has 0 aliphatic carbocycles. The number of likely N-dealkylation sites (tertiary alicyclic amines) is 1. The Labute approximate surface area is 233 Å². The number of carbonyl (C=O) groups is 3. The van der Waals surface area contributed by atoms with Gasteiger partial charge in [0.15, 0.2) is 0 Å². The van der Waals surface area contributed by atoms with Crippen molar-refractivity contribution < 1.29 is 24.2 Å². The molecule has 2 bridgehead atoms. The van der Waals surface area contributed by atoms with Gasteiger partial charge in [-0.3, -0.25) is 14.4 Å². The number of amides is 3. The lowest BCUT2D eigenvalue weighted by atomic mass is 9.70. The molecule has 40 heavy (non-hydrogen) atoms. The number of nitrogens with one attached hydrogen (secondary N) is 2. The molecular weight excluding hydrogens is 506 g/mol. The molecule has 3 saturated heterocycles. The topological polar surface area (TPSA) is 108 Å². The highest BCUT2D eigenvalue weighted by Crippen LogP contribution is 2.58. The molecule has 3 aromatic carbocycles. The van der Waals surface area contributed by atoms with E-state index < -0.39 is 29.6 Å². The highest BCUT2D eigenvalue weighted by molar-refractivity contribution is 6.04. The molecule has 3 heterocycles. The molecule has 0 radical (unpaired) electrons. The number of unbranched alkanes of at least 4 members (excludes halogenated alkanes) is 2. The van der Waals surface area contributed by atoms with E-state index in [4.69, 9.17) is 4.74 Å². The van der Waals surface area contributed by atoms with Crippen LogP contribution in [0, 0.1) is 11.8 Å². The number of hydrogen-bond donors (Lipinski definition) is 3. The van der Waals surface area contributed by atoms with Gasteiger partial charge in [-0.2, -0.15) is 0 Å². The minimum atomic E-state index is -1.03. The number of ether oxygens (including phenoxy) is 1. The molecule has 3 aromatic rings. The van der Waals surface area contributed by atoms with Gasteiger partial charge in [0.05, 0.1) is 17.9 Å². The zero-order chi connectivity index (χ0) is 27.7.